The minimum atomic E-state index is -0.445. The van der Waals surface area contributed by atoms with E-state index < -0.39 is 4.92 Å². The van der Waals surface area contributed by atoms with Gasteiger partial charge in [0, 0.05) is 19.2 Å². The third-order valence-corrected chi connectivity index (χ3v) is 4.06. The van der Waals surface area contributed by atoms with Crippen molar-refractivity contribution in [1.29, 1.82) is 0 Å². The second-order valence-electron chi connectivity index (χ2n) is 5.52. The number of nitro benzene ring substituents is 1. The summed E-state index contributed by atoms with van der Waals surface area (Å²) in [5.41, 5.74) is 6.83. The molecule has 5 nitrogen and oxygen atoms in total. The number of hydrogen-bond donors (Lipinski definition) is 1. The first-order valence-electron chi connectivity index (χ1n) is 6.29. The van der Waals surface area contributed by atoms with Crippen molar-refractivity contribution in [3.63, 3.8) is 0 Å². The minimum Gasteiger partial charge on any atom is -0.330 e. The van der Waals surface area contributed by atoms with Crippen molar-refractivity contribution >= 4 is 29.7 Å². The Labute approximate surface area is 129 Å². The lowest BCUT2D eigenvalue weighted by Crippen LogP contribution is -2.31. The van der Waals surface area contributed by atoms with Crippen LogP contribution in [0.25, 0.3) is 0 Å². The van der Waals surface area contributed by atoms with Crippen LogP contribution in [0.4, 0.5) is 5.69 Å². The summed E-state index contributed by atoms with van der Waals surface area (Å²) >= 11 is 5.80. The molecule has 1 aliphatic heterocycles. The van der Waals surface area contributed by atoms with Gasteiger partial charge in [-0.3, -0.25) is 15.0 Å². The third kappa shape index (κ3) is 3.82. The highest BCUT2D eigenvalue weighted by Gasteiger charge is 2.32. The van der Waals surface area contributed by atoms with Crippen LogP contribution in [0.1, 0.15) is 18.9 Å². The van der Waals surface area contributed by atoms with Gasteiger partial charge in [-0.25, -0.2) is 0 Å². The Bertz CT molecular complexity index is 499. The average Bonchev–Trinajstić information content (AvgIpc) is 2.74. The largest absolute Gasteiger partial charge is 0.330 e. The highest BCUT2D eigenvalue weighted by molar-refractivity contribution is 6.32. The first kappa shape index (κ1) is 17.2. The van der Waals surface area contributed by atoms with Crippen LogP contribution in [0.5, 0.6) is 0 Å². The van der Waals surface area contributed by atoms with E-state index in [0.29, 0.717) is 13.1 Å². The van der Waals surface area contributed by atoms with Crippen molar-refractivity contribution in [2.24, 2.45) is 11.1 Å². The Morgan fingerprint density at radius 3 is 2.80 bits per heavy atom. The van der Waals surface area contributed by atoms with E-state index in [2.05, 4.69) is 11.8 Å². The molecule has 2 rings (SSSR count). The summed E-state index contributed by atoms with van der Waals surface area (Å²) in [6.07, 6.45) is 1.07. The predicted octanol–water partition coefficient (Wildman–Crippen LogP) is 2.84. The molecular weight excluding hydrogens is 301 g/mol. The maximum absolute atomic E-state index is 10.9. The van der Waals surface area contributed by atoms with Crippen molar-refractivity contribution in [1.82, 2.24) is 4.90 Å². The maximum Gasteiger partial charge on any atom is 0.288 e. The molecule has 1 aliphatic rings. The van der Waals surface area contributed by atoms with E-state index in [1.165, 1.54) is 0 Å². The Morgan fingerprint density at radius 2 is 2.25 bits per heavy atom. The van der Waals surface area contributed by atoms with Gasteiger partial charge in [0.15, 0.2) is 0 Å². The van der Waals surface area contributed by atoms with Crippen molar-refractivity contribution in [2.45, 2.75) is 19.9 Å². The van der Waals surface area contributed by atoms with Crippen molar-refractivity contribution in [3.05, 3.63) is 38.9 Å². The summed E-state index contributed by atoms with van der Waals surface area (Å²) in [6.45, 7) is 5.46. The summed E-state index contributed by atoms with van der Waals surface area (Å²) < 4.78 is 0. The van der Waals surface area contributed by atoms with Gasteiger partial charge < -0.3 is 5.73 Å². The van der Waals surface area contributed by atoms with E-state index in [4.69, 9.17) is 17.3 Å². The Hall–Kier alpha value is -0.880. The fourth-order valence-electron chi connectivity index (χ4n) is 2.48. The molecule has 2 N–H and O–H groups in total. The summed E-state index contributed by atoms with van der Waals surface area (Å²) in [7, 11) is 0. The molecule has 1 aromatic rings. The summed E-state index contributed by atoms with van der Waals surface area (Å²) in [4.78, 5) is 12.7. The molecule has 0 bridgehead atoms. The van der Waals surface area contributed by atoms with Crippen LogP contribution in [0.3, 0.4) is 0 Å². The number of nitrogens with two attached hydrogens (primary N) is 1. The van der Waals surface area contributed by atoms with Gasteiger partial charge in [0.1, 0.15) is 5.02 Å². The van der Waals surface area contributed by atoms with Crippen LogP contribution in [0.15, 0.2) is 18.2 Å². The molecule has 0 amide bonds. The number of benzene rings is 1. The van der Waals surface area contributed by atoms with Gasteiger partial charge in [0.05, 0.1) is 4.92 Å². The first-order valence-corrected chi connectivity index (χ1v) is 6.66. The second-order valence-corrected chi connectivity index (χ2v) is 5.93. The molecule has 0 aliphatic carbocycles. The number of rotatable bonds is 4. The fourth-order valence-corrected chi connectivity index (χ4v) is 2.67. The second kappa shape index (κ2) is 6.72. The van der Waals surface area contributed by atoms with Crippen molar-refractivity contribution in [3.8, 4) is 0 Å². The van der Waals surface area contributed by atoms with Crippen LogP contribution in [0, 0.1) is 15.5 Å². The predicted molar refractivity (Wildman–Crippen MR) is 82.4 cm³/mol. The lowest BCUT2D eigenvalue weighted by molar-refractivity contribution is -0.384. The zero-order valence-corrected chi connectivity index (χ0v) is 12.9. The standard InChI is InChI=1S/C13H18ClN3O2.ClH/c1-13(8-15)4-5-16(9-13)7-10-2-3-11(14)12(6-10)17(18)19;/h2-3,6H,4-5,7-9,15H2,1H3;1H. The van der Waals surface area contributed by atoms with Gasteiger partial charge in [0.25, 0.3) is 5.69 Å². The van der Waals surface area contributed by atoms with E-state index >= 15 is 0 Å². The molecular formula is C13H19Cl2N3O2. The van der Waals surface area contributed by atoms with Gasteiger partial charge in [-0.1, -0.05) is 24.6 Å². The van der Waals surface area contributed by atoms with Gasteiger partial charge in [-0.05, 0) is 36.6 Å². The molecule has 1 atom stereocenters. The Morgan fingerprint density at radius 1 is 1.55 bits per heavy atom. The van der Waals surface area contributed by atoms with E-state index in [1.807, 2.05) is 6.07 Å². The normalized spacial score (nSPS) is 22.6. The Kier molecular flexibility index (Phi) is 5.77. The first-order chi connectivity index (χ1) is 8.93. The topological polar surface area (TPSA) is 72.4 Å². The fraction of sp³-hybridized carbons (Fsp3) is 0.538. The number of halogens is 2. The SMILES string of the molecule is CC1(CN)CCN(Cc2ccc(Cl)c([N+](=O)[O-])c2)C1.Cl. The maximum atomic E-state index is 10.9. The molecule has 0 radical (unpaired) electrons. The van der Waals surface area contributed by atoms with E-state index in [1.54, 1.807) is 12.1 Å². The van der Waals surface area contributed by atoms with Gasteiger partial charge >= 0.3 is 0 Å². The lowest BCUT2D eigenvalue weighted by atomic mass is 9.90. The summed E-state index contributed by atoms with van der Waals surface area (Å²) in [5.74, 6) is 0. The van der Waals surface area contributed by atoms with E-state index in [0.717, 1.165) is 25.1 Å². The zero-order chi connectivity index (χ0) is 14.0. The number of hydrogen-bond acceptors (Lipinski definition) is 4. The summed E-state index contributed by atoms with van der Waals surface area (Å²) in [6, 6.07) is 4.99. The average molecular weight is 320 g/mol. The quantitative estimate of drug-likeness (QED) is 0.684. The van der Waals surface area contributed by atoms with Crippen LogP contribution < -0.4 is 5.73 Å². The molecule has 112 valence electrons. The third-order valence-electron chi connectivity index (χ3n) is 3.74. The zero-order valence-electron chi connectivity index (χ0n) is 11.3. The molecule has 20 heavy (non-hydrogen) atoms. The molecule has 0 saturated carbocycles. The van der Waals surface area contributed by atoms with Crippen molar-refractivity contribution in [2.75, 3.05) is 19.6 Å². The molecule has 0 aromatic heterocycles. The molecule has 1 fully saturated rings. The Balaban J connectivity index is 0.00000200. The lowest BCUT2D eigenvalue weighted by Gasteiger charge is -2.22. The van der Waals surface area contributed by atoms with Crippen LogP contribution in [-0.4, -0.2) is 29.5 Å². The minimum absolute atomic E-state index is 0. The van der Waals surface area contributed by atoms with Crippen molar-refractivity contribution < 1.29 is 4.92 Å². The molecule has 7 heteroatoms. The monoisotopic (exact) mass is 319 g/mol. The highest BCUT2D eigenvalue weighted by Crippen LogP contribution is 2.31. The number of nitrogens with zero attached hydrogens (tertiary/aromatic N) is 2. The highest BCUT2D eigenvalue weighted by atomic mass is 35.5. The molecule has 1 aromatic carbocycles. The number of nitro groups is 1. The van der Waals surface area contributed by atoms with Gasteiger partial charge in [0.2, 0.25) is 0 Å². The van der Waals surface area contributed by atoms with E-state index in [-0.39, 0.29) is 28.5 Å². The summed E-state index contributed by atoms with van der Waals surface area (Å²) in [5, 5.41) is 11.0. The van der Waals surface area contributed by atoms with Crippen LogP contribution >= 0.6 is 24.0 Å². The van der Waals surface area contributed by atoms with Crippen LogP contribution in [0.2, 0.25) is 5.02 Å². The van der Waals surface area contributed by atoms with Gasteiger partial charge in [-0.15, -0.1) is 12.4 Å². The molecule has 1 unspecified atom stereocenters. The number of likely N-dealkylation sites (tertiary alicyclic amines) is 1. The van der Waals surface area contributed by atoms with E-state index in [9.17, 15) is 10.1 Å². The molecule has 0 spiro atoms. The van der Waals surface area contributed by atoms with Gasteiger partial charge in [-0.2, -0.15) is 0 Å². The smallest absolute Gasteiger partial charge is 0.288 e. The molecule has 1 saturated heterocycles. The van der Waals surface area contributed by atoms with Crippen LogP contribution in [-0.2, 0) is 6.54 Å². The molecule has 1 heterocycles.